The summed E-state index contributed by atoms with van der Waals surface area (Å²) >= 11 is 0. The number of hydrogen-bond donors (Lipinski definition) is 1. The van der Waals surface area contributed by atoms with Gasteiger partial charge < -0.3 is 0 Å². The predicted octanol–water partition coefficient (Wildman–Crippen LogP) is 5.17. The van der Waals surface area contributed by atoms with Gasteiger partial charge in [-0.25, -0.2) is 9.89 Å². The summed E-state index contributed by atoms with van der Waals surface area (Å²) in [6, 6.07) is 12.1. The van der Waals surface area contributed by atoms with E-state index in [4.69, 9.17) is 4.98 Å². The number of imidazole rings is 1. The number of H-pyrrole nitrogens is 1. The van der Waals surface area contributed by atoms with E-state index in [0.717, 1.165) is 65.5 Å². The Morgan fingerprint density at radius 3 is 2.44 bits per heavy atom. The van der Waals surface area contributed by atoms with Crippen molar-refractivity contribution < 1.29 is 0 Å². The van der Waals surface area contributed by atoms with E-state index >= 15 is 0 Å². The molecule has 1 fully saturated rings. The molecule has 188 valence electrons. The Balaban J connectivity index is 1.32. The van der Waals surface area contributed by atoms with Crippen LogP contribution in [-0.2, 0) is 19.5 Å². The van der Waals surface area contributed by atoms with Crippen molar-refractivity contribution in [2.24, 2.45) is 5.92 Å². The largest absolute Gasteiger partial charge is 0.328 e. The van der Waals surface area contributed by atoms with Crippen LogP contribution in [0, 0.1) is 12.8 Å². The summed E-state index contributed by atoms with van der Waals surface area (Å²) in [5.41, 5.74) is 6.28. The standard InChI is InChI=1S/C28H35N7O/c1-3-7-26-20(2)34(17-16-21-8-5-4-6-9-21)28(36)35(26)19-22-10-15-25(29-18-22)23-11-13-24(14-12-23)27-30-32-33-31-27/h10-15,18,21H,3-9,16-17,19H2,1-2H3,(H,30,31,32,33). The molecule has 3 heterocycles. The normalized spacial score (nSPS) is 14.4. The van der Waals surface area contributed by atoms with Gasteiger partial charge in [-0.15, -0.1) is 5.10 Å². The second-order valence-electron chi connectivity index (χ2n) is 9.97. The fraction of sp³-hybridized carbons (Fsp3) is 0.464. The Kier molecular flexibility index (Phi) is 7.39. The first-order valence-corrected chi connectivity index (χ1v) is 13.2. The lowest BCUT2D eigenvalue weighted by atomic mass is 9.87. The van der Waals surface area contributed by atoms with Crippen LogP contribution in [0.15, 0.2) is 47.4 Å². The van der Waals surface area contributed by atoms with Gasteiger partial charge in [0.2, 0.25) is 0 Å². The molecule has 0 aliphatic heterocycles. The van der Waals surface area contributed by atoms with Gasteiger partial charge in [0, 0.05) is 35.3 Å². The molecule has 5 rings (SSSR count). The first-order chi connectivity index (χ1) is 17.6. The molecule has 8 heteroatoms. The fourth-order valence-corrected chi connectivity index (χ4v) is 5.47. The number of pyridine rings is 1. The maximum absolute atomic E-state index is 13.5. The molecule has 4 aromatic rings. The number of nitrogens with one attached hydrogen (secondary N) is 1. The summed E-state index contributed by atoms with van der Waals surface area (Å²) in [7, 11) is 0. The summed E-state index contributed by atoms with van der Waals surface area (Å²) in [5.74, 6) is 1.40. The van der Waals surface area contributed by atoms with Crippen molar-refractivity contribution in [1.82, 2.24) is 34.7 Å². The Labute approximate surface area is 211 Å². The Bertz CT molecular complexity index is 1310. The van der Waals surface area contributed by atoms with Gasteiger partial charge in [-0.05, 0) is 47.7 Å². The maximum Gasteiger partial charge on any atom is 0.328 e. The quantitative estimate of drug-likeness (QED) is 0.353. The summed E-state index contributed by atoms with van der Waals surface area (Å²) in [6.45, 7) is 5.67. The second-order valence-corrected chi connectivity index (χ2v) is 9.97. The maximum atomic E-state index is 13.5. The molecule has 36 heavy (non-hydrogen) atoms. The zero-order valence-electron chi connectivity index (χ0n) is 21.3. The smallest absolute Gasteiger partial charge is 0.296 e. The van der Waals surface area contributed by atoms with Gasteiger partial charge in [0.15, 0.2) is 5.82 Å². The first-order valence-electron chi connectivity index (χ1n) is 13.2. The molecule has 0 amide bonds. The topological polar surface area (TPSA) is 94.3 Å². The highest BCUT2D eigenvalue weighted by atomic mass is 16.1. The highest BCUT2D eigenvalue weighted by Crippen LogP contribution is 2.27. The van der Waals surface area contributed by atoms with Gasteiger partial charge in [-0.3, -0.25) is 14.1 Å². The molecule has 0 unspecified atom stereocenters. The third-order valence-corrected chi connectivity index (χ3v) is 7.55. The molecule has 0 atom stereocenters. The van der Waals surface area contributed by atoms with Crippen LogP contribution in [0.3, 0.4) is 0 Å². The number of hydrogen-bond acceptors (Lipinski definition) is 5. The third kappa shape index (κ3) is 5.17. The van der Waals surface area contributed by atoms with Crippen molar-refractivity contribution in [2.45, 2.75) is 78.3 Å². The van der Waals surface area contributed by atoms with Crippen molar-refractivity contribution in [1.29, 1.82) is 0 Å². The first kappa shape index (κ1) is 24.2. The molecule has 1 aliphatic carbocycles. The van der Waals surface area contributed by atoms with E-state index in [9.17, 15) is 4.79 Å². The third-order valence-electron chi connectivity index (χ3n) is 7.55. The number of aromatic nitrogens is 7. The van der Waals surface area contributed by atoms with E-state index in [0.29, 0.717) is 12.4 Å². The molecular formula is C28H35N7O. The number of tetrazole rings is 1. The van der Waals surface area contributed by atoms with Crippen LogP contribution >= 0.6 is 0 Å². The Morgan fingerprint density at radius 1 is 1.00 bits per heavy atom. The van der Waals surface area contributed by atoms with E-state index in [1.807, 2.05) is 45.7 Å². The summed E-state index contributed by atoms with van der Waals surface area (Å²) in [4.78, 5) is 18.2. The number of aromatic amines is 1. The SMILES string of the molecule is CCCc1c(C)n(CCC2CCCCC2)c(=O)n1Cc1ccc(-c2ccc(-c3nnn[nH]3)cc2)nc1. The van der Waals surface area contributed by atoms with Crippen LogP contribution in [0.25, 0.3) is 22.6 Å². The average Bonchev–Trinajstić information content (AvgIpc) is 3.53. The van der Waals surface area contributed by atoms with Crippen molar-refractivity contribution in [3.63, 3.8) is 0 Å². The predicted molar refractivity (Wildman–Crippen MR) is 141 cm³/mol. The molecule has 8 nitrogen and oxygen atoms in total. The van der Waals surface area contributed by atoms with Crippen LogP contribution in [0.2, 0.25) is 0 Å². The van der Waals surface area contributed by atoms with Crippen LogP contribution in [0.5, 0.6) is 0 Å². The zero-order valence-corrected chi connectivity index (χ0v) is 21.3. The molecule has 0 bridgehead atoms. The van der Waals surface area contributed by atoms with Gasteiger partial charge in [-0.2, -0.15) is 0 Å². The molecule has 1 saturated carbocycles. The minimum Gasteiger partial charge on any atom is -0.296 e. The molecule has 0 saturated heterocycles. The lowest BCUT2D eigenvalue weighted by Crippen LogP contribution is -2.27. The van der Waals surface area contributed by atoms with Gasteiger partial charge >= 0.3 is 5.69 Å². The molecule has 0 spiro atoms. The Hall–Kier alpha value is -3.55. The second kappa shape index (κ2) is 11.0. The van der Waals surface area contributed by atoms with Crippen LogP contribution in [0.1, 0.15) is 68.8 Å². The minimum atomic E-state index is 0.119. The lowest BCUT2D eigenvalue weighted by molar-refractivity contribution is 0.321. The van der Waals surface area contributed by atoms with E-state index in [1.54, 1.807) is 0 Å². The minimum absolute atomic E-state index is 0.119. The van der Waals surface area contributed by atoms with Gasteiger partial charge in [0.05, 0.1) is 12.2 Å². The number of nitrogens with zero attached hydrogens (tertiary/aromatic N) is 6. The zero-order chi connectivity index (χ0) is 24.9. The van der Waals surface area contributed by atoms with Crippen molar-refractivity contribution in [3.8, 4) is 22.6 Å². The van der Waals surface area contributed by atoms with E-state index in [1.165, 1.54) is 32.1 Å². The molecule has 3 aromatic heterocycles. The van der Waals surface area contributed by atoms with Crippen LogP contribution in [0.4, 0.5) is 0 Å². The van der Waals surface area contributed by atoms with Gasteiger partial charge in [-0.1, -0.05) is 75.8 Å². The average molecular weight is 486 g/mol. The summed E-state index contributed by atoms with van der Waals surface area (Å²) in [5, 5.41) is 14.0. The molecule has 1 aliphatic rings. The van der Waals surface area contributed by atoms with E-state index < -0.39 is 0 Å². The summed E-state index contributed by atoms with van der Waals surface area (Å²) in [6.07, 6.45) is 11.6. The fourth-order valence-electron chi connectivity index (χ4n) is 5.47. The van der Waals surface area contributed by atoms with Crippen molar-refractivity contribution in [2.75, 3.05) is 0 Å². The van der Waals surface area contributed by atoms with Gasteiger partial charge in [0.1, 0.15) is 0 Å². The molecule has 1 N–H and O–H groups in total. The Morgan fingerprint density at radius 2 is 1.78 bits per heavy atom. The van der Waals surface area contributed by atoms with Crippen molar-refractivity contribution in [3.05, 3.63) is 70.0 Å². The van der Waals surface area contributed by atoms with Crippen LogP contribution < -0.4 is 5.69 Å². The lowest BCUT2D eigenvalue weighted by Gasteiger charge is -2.21. The van der Waals surface area contributed by atoms with Gasteiger partial charge in [0.25, 0.3) is 0 Å². The highest BCUT2D eigenvalue weighted by Gasteiger charge is 2.19. The van der Waals surface area contributed by atoms with Crippen LogP contribution in [-0.4, -0.2) is 34.7 Å². The molecule has 0 radical (unpaired) electrons. The monoisotopic (exact) mass is 485 g/mol. The van der Waals surface area contributed by atoms with E-state index in [-0.39, 0.29) is 5.69 Å². The summed E-state index contributed by atoms with van der Waals surface area (Å²) < 4.78 is 3.99. The highest BCUT2D eigenvalue weighted by molar-refractivity contribution is 5.64. The number of rotatable bonds is 9. The number of benzene rings is 1. The van der Waals surface area contributed by atoms with Crippen molar-refractivity contribution >= 4 is 0 Å². The molecule has 1 aromatic carbocycles. The van der Waals surface area contributed by atoms with E-state index in [2.05, 4.69) is 40.5 Å². The molecular weight excluding hydrogens is 450 g/mol.